The first-order valence-electron chi connectivity index (χ1n) is 6.70. The predicted octanol–water partition coefficient (Wildman–Crippen LogP) is 1.24. The number of carbonyl (C=O) groups excluding carboxylic acids is 1. The van der Waals surface area contributed by atoms with Crippen molar-refractivity contribution in [2.24, 2.45) is 17.8 Å². The molecule has 1 amide bonds. The standard InChI is InChI=1S/C13H22N2O/c1-8-6-15(7-9(8)2)13(16)11-5-10-3-4-12(11)14-10/h8-12,14H,3-7H2,1-2H3. The third-order valence-corrected chi connectivity index (χ3v) is 4.92. The molecule has 3 saturated heterocycles. The Kier molecular flexibility index (Phi) is 2.46. The molecule has 3 rings (SSSR count). The van der Waals surface area contributed by atoms with Gasteiger partial charge in [0.15, 0.2) is 0 Å². The summed E-state index contributed by atoms with van der Waals surface area (Å²) in [6.07, 6.45) is 3.57. The van der Waals surface area contributed by atoms with E-state index < -0.39 is 0 Å². The van der Waals surface area contributed by atoms with Crippen LogP contribution in [-0.4, -0.2) is 36.0 Å². The molecular formula is C13H22N2O. The topological polar surface area (TPSA) is 32.3 Å². The highest BCUT2D eigenvalue weighted by Crippen LogP contribution is 2.35. The molecule has 16 heavy (non-hydrogen) atoms. The number of fused-ring (bicyclic) bond motifs is 2. The van der Waals surface area contributed by atoms with Crippen molar-refractivity contribution >= 4 is 5.91 Å². The van der Waals surface area contributed by atoms with Gasteiger partial charge >= 0.3 is 0 Å². The van der Waals surface area contributed by atoms with Crippen LogP contribution in [0.15, 0.2) is 0 Å². The molecule has 5 atom stereocenters. The fraction of sp³-hybridized carbons (Fsp3) is 0.923. The average Bonchev–Trinajstić information content (AvgIpc) is 2.94. The Morgan fingerprint density at radius 3 is 2.38 bits per heavy atom. The lowest BCUT2D eigenvalue weighted by atomic mass is 9.88. The number of likely N-dealkylation sites (tertiary alicyclic amines) is 1. The van der Waals surface area contributed by atoms with Gasteiger partial charge in [0.25, 0.3) is 0 Å². The van der Waals surface area contributed by atoms with Crippen LogP contribution in [0.1, 0.15) is 33.1 Å². The van der Waals surface area contributed by atoms with Crippen molar-refractivity contribution in [2.45, 2.75) is 45.2 Å². The zero-order valence-corrected chi connectivity index (χ0v) is 10.3. The Labute approximate surface area is 97.6 Å². The predicted molar refractivity (Wildman–Crippen MR) is 63.0 cm³/mol. The minimum Gasteiger partial charge on any atom is -0.342 e. The molecule has 90 valence electrons. The largest absolute Gasteiger partial charge is 0.342 e. The fourth-order valence-corrected chi connectivity index (χ4v) is 3.64. The molecule has 0 saturated carbocycles. The van der Waals surface area contributed by atoms with Gasteiger partial charge in [-0.05, 0) is 31.1 Å². The van der Waals surface area contributed by atoms with E-state index in [4.69, 9.17) is 0 Å². The quantitative estimate of drug-likeness (QED) is 0.724. The molecule has 3 aliphatic rings. The van der Waals surface area contributed by atoms with Crippen molar-refractivity contribution in [2.75, 3.05) is 13.1 Å². The fourth-order valence-electron chi connectivity index (χ4n) is 3.64. The Morgan fingerprint density at radius 1 is 1.19 bits per heavy atom. The Hall–Kier alpha value is -0.570. The Morgan fingerprint density at radius 2 is 1.88 bits per heavy atom. The van der Waals surface area contributed by atoms with Crippen molar-refractivity contribution < 1.29 is 4.79 Å². The Balaban J connectivity index is 1.66. The smallest absolute Gasteiger partial charge is 0.227 e. The van der Waals surface area contributed by atoms with Gasteiger partial charge in [0.05, 0.1) is 5.92 Å². The monoisotopic (exact) mass is 222 g/mol. The highest BCUT2D eigenvalue weighted by Gasteiger charge is 2.45. The first-order chi connectivity index (χ1) is 7.65. The van der Waals surface area contributed by atoms with Crippen LogP contribution in [0.4, 0.5) is 0 Å². The van der Waals surface area contributed by atoms with E-state index >= 15 is 0 Å². The van der Waals surface area contributed by atoms with Gasteiger partial charge < -0.3 is 10.2 Å². The summed E-state index contributed by atoms with van der Waals surface area (Å²) < 4.78 is 0. The molecule has 3 fully saturated rings. The number of amides is 1. The minimum atomic E-state index is 0.288. The van der Waals surface area contributed by atoms with Crippen LogP contribution in [0, 0.1) is 17.8 Å². The van der Waals surface area contributed by atoms with Crippen molar-refractivity contribution in [1.82, 2.24) is 10.2 Å². The second kappa shape index (κ2) is 3.73. The normalized spacial score (nSPS) is 46.6. The summed E-state index contributed by atoms with van der Waals surface area (Å²) in [6, 6.07) is 1.13. The maximum absolute atomic E-state index is 12.4. The molecule has 0 aromatic rings. The van der Waals surface area contributed by atoms with E-state index in [1.54, 1.807) is 0 Å². The van der Waals surface area contributed by atoms with E-state index in [0.29, 0.717) is 29.8 Å². The van der Waals surface area contributed by atoms with E-state index in [1.807, 2.05) is 0 Å². The lowest BCUT2D eigenvalue weighted by molar-refractivity contribution is -0.135. The number of rotatable bonds is 1. The van der Waals surface area contributed by atoms with Crippen molar-refractivity contribution in [1.29, 1.82) is 0 Å². The summed E-state index contributed by atoms with van der Waals surface area (Å²) in [6.45, 7) is 6.48. The van der Waals surface area contributed by atoms with Gasteiger partial charge in [0.1, 0.15) is 0 Å². The van der Waals surface area contributed by atoms with Gasteiger partial charge in [-0.3, -0.25) is 4.79 Å². The van der Waals surface area contributed by atoms with Gasteiger partial charge in [0, 0.05) is 25.2 Å². The first kappa shape index (κ1) is 10.6. The highest BCUT2D eigenvalue weighted by molar-refractivity contribution is 5.80. The van der Waals surface area contributed by atoms with Crippen LogP contribution in [0.25, 0.3) is 0 Å². The molecule has 3 aliphatic heterocycles. The maximum atomic E-state index is 12.4. The van der Waals surface area contributed by atoms with Gasteiger partial charge in [-0.15, -0.1) is 0 Å². The number of hydrogen-bond acceptors (Lipinski definition) is 2. The zero-order chi connectivity index (χ0) is 11.3. The van der Waals surface area contributed by atoms with E-state index in [-0.39, 0.29) is 5.92 Å². The number of nitrogens with one attached hydrogen (secondary N) is 1. The molecule has 3 heterocycles. The lowest BCUT2D eigenvalue weighted by Gasteiger charge is -2.25. The van der Waals surface area contributed by atoms with Crippen molar-refractivity contribution in [3.8, 4) is 0 Å². The molecular weight excluding hydrogens is 200 g/mol. The van der Waals surface area contributed by atoms with Gasteiger partial charge in [-0.2, -0.15) is 0 Å². The van der Waals surface area contributed by atoms with E-state index in [1.165, 1.54) is 12.8 Å². The molecule has 3 nitrogen and oxygen atoms in total. The number of hydrogen-bond donors (Lipinski definition) is 1. The molecule has 5 unspecified atom stereocenters. The summed E-state index contributed by atoms with van der Waals surface area (Å²) in [7, 11) is 0. The molecule has 0 aliphatic carbocycles. The van der Waals surface area contributed by atoms with E-state index in [0.717, 1.165) is 19.5 Å². The summed E-state index contributed by atoms with van der Waals surface area (Å²) in [5.41, 5.74) is 0. The second-order valence-corrected chi connectivity index (χ2v) is 6.09. The Bertz CT molecular complexity index is 294. The summed E-state index contributed by atoms with van der Waals surface area (Å²) in [5.74, 6) is 2.07. The van der Waals surface area contributed by atoms with E-state index in [2.05, 4.69) is 24.1 Å². The molecule has 1 N–H and O–H groups in total. The van der Waals surface area contributed by atoms with Crippen LogP contribution in [0.5, 0.6) is 0 Å². The SMILES string of the molecule is CC1CN(C(=O)C2CC3CCC2N3)CC1C. The number of carbonyl (C=O) groups is 1. The third-order valence-electron chi connectivity index (χ3n) is 4.92. The summed E-state index contributed by atoms with van der Waals surface area (Å²) >= 11 is 0. The first-order valence-corrected chi connectivity index (χ1v) is 6.70. The summed E-state index contributed by atoms with van der Waals surface area (Å²) in [4.78, 5) is 14.5. The zero-order valence-electron chi connectivity index (χ0n) is 10.3. The lowest BCUT2D eigenvalue weighted by Crippen LogP contribution is -2.39. The molecule has 0 aromatic heterocycles. The molecule has 0 spiro atoms. The van der Waals surface area contributed by atoms with Gasteiger partial charge in [-0.1, -0.05) is 13.8 Å². The molecule has 0 radical (unpaired) electrons. The maximum Gasteiger partial charge on any atom is 0.227 e. The van der Waals surface area contributed by atoms with Crippen LogP contribution < -0.4 is 5.32 Å². The van der Waals surface area contributed by atoms with Crippen molar-refractivity contribution in [3.05, 3.63) is 0 Å². The van der Waals surface area contributed by atoms with Gasteiger partial charge in [-0.25, -0.2) is 0 Å². The summed E-state index contributed by atoms with van der Waals surface area (Å²) in [5, 5.41) is 3.56. The number of nitrogens with zero attached hydrogens (tertiary/aromatic N) is 1. The molecule has 0 aromatic carbocycles. The molecule has 2 bridgehead atoms. The van der Waals surface area contributed by atoms with Gasteiger partial charge in [0.2, 0.25) is 5.91 Å². The van der Waals surface area contributed by atoms with Crippen molar-refractivity contribution in [3.63, 3.8) is 0 Å². The highest BCUT2D eigenvalue weighted by atomic mass is 16.2. The van der Waals surface area contributed by atoms with Crippen LogP contribution in [0.2, 0.25) is 0 Å². The third kappa shape index (κ3) is 1.56. The molecule has 3 heteroatoms. The van der Waals surface area contributed by atoms with E-state index in [9.17, 15) is 4.79 Å². The second-order valence-electron chi connectivity index (χ2n) is 6.09. The van der Waals surface area contributed by atoms with Crippen LogP contribution in [-0.2, 0) is 4.79 Å². The average molecular weight is 222 g/mol. The minimum absolute atomic E-state index is 0.288. The van der Waals surface area contributed by atoms with Crippen LogP contribution >= 0.6 is 0 Å². The van der Waals surface area contributed by atoms with Crippen LogP contribution in [0.3, 0.4) is 0 Å².